The SMILES string of the molecule is O=C(O)/C=C/C(=O)O.O=C(O)/C=C/C(=O)O.[SiH4]. The van der Waals surface area contributed by atoms with Crippen molar-refractivity contribution in [2.75, 3.05) is 0 Å². The summed E-state index contributed by atoms with van der Waals surface area (Å²) < 4.78 is 0. The van der Waals surface area contributed by atoms with Gasteiger partial charge in [-0.2, -0.15) is 0 Å². The zero-order chi connectivity index (χ0) is 13.1. The Kier molecular flexibility index (Phi) is 13.7. The fraction of sp³-hybridized carbons (Fsp3) is 0. The third-order valence-corrected chi connectivity index (χ3v) is 0.737. The molecule has 96 valence electrons. The molecule has 0 bridgehead atoms. The Labute approximate surface area is 99.5 Å². The predicted octanol–water partition coefficient (Wildman–Crippen LogP) is -2.03. The zero-order valence-electron chi connectivity index (χ0n) is 7.73. The van der Waals surface area contributed by atoms with Gasteiger partial charge in [0.1, 0.15) is 0 Å². The van der Waals surface area contributed by atoms with Gasteiger partial charge in [-0.3, -0.25) is 0 Å². The number of aliphatic carboxylic acids is 4. The highest BCUT2D eigenvalue weighted by Crippen LogP contribution is 1.71. The summed E-state index contributed by atoms with van der Waals surface area (Å²) in [5.74, 6) is -5.03. The minimum Gasteiger partial charge on any atom is -0.478 e. The normalized spacial score (nSPS) is 8.94. The van der Waals surface area contributed by atoms with Crippen LogP contribution < -0.4 is 0 Å². The monoisotopic (exact) mass is 264 g/mol. The second-order valence-electron chi connectivity index (χ2n) is 2.02. The lowest BCUT2D eigenvalue weighted by Gasteiger charge is -1.74. The van der Waals surface area contributed by atoms with Crippen molar-refractivity contribution in [3.05, 3.63) is 24.3 Å². The summed E-state index contributed by atoms with van der Waals surface area (Å²) in [6.45, 7) is 0. The second kappa shape index (κ2) is 11.7. The first kappa shape index (κ1) is 20.0. The van der Waals surface area contributed by atoms with E-state index >= 15 is 0 Å². The molecule has 0 saturated carbocycles. The maximum Gasteiger partial charge on any atom is 0.328 e. The molecule has 0 aromatic heterocycles. The van der Waals surface area contributed by atoms with E-state index in [4.69, 9.17) is 20.4 Å². The molecule has 0 aliphatic heterocycles. The number of rotatable bonds is 4. The van der Waals surface area contributed by atoms with Crippen molar-refractivity contribution in [2.45, 2.75) is 0 Å². The number of carboxylic acid groups (broad SMARTS) is 4. The maximum atomic E-state index is 9.55. The molecule has 0 aromatic rings. The molecule has 0 fully saturated rings. The van der Waals surface area contributed by atoms with Gasteiger partial charge < -0.3 is 20.4 Å². The van der Waals surface area contributed by atoms with Gasteiger partial charge in [0.15, 0.2) is 0 Å². The molecule has 0 rings (SSSR count). The summed E-state index contributed by atoms with van der Waals surface area (Å²) in [5.41, 5.74) is 0. The first-order valence-corrected chi connectivity index (χ1v) is 3.53. The maximum absolute atomic E-state index is 9.55. The lowest BCUT2D eigenvalue weighted by Crippen LogP contribution is -1.91. The predicted molar refractivity (Wildman–Crippen MR) is 60.2 cm³/mol. The highest BCUT2D eigenvalue weighted by atomic mass is 28.1. The van der Waals surface area contributed by atoms with E-state index in [9.17, 15) is 19.2 Å². The third-order valence-electron chi connectivity index (χ3n) is 0.737. The molecule has 4 N–H and O–H groups in total. The molecule has 0 aromatic carbocycles. The molecule has 0 aliphatic rings. The van der Waals surface area contributed by atoms with E-state index in [-0.39, 0.29) is 11.0 Å². The second-order valence-corrected chi connectivity index (χ2v) is 2.02. The smallest absolute Gasteiger partial charge is 0.328 e. The molecule has 0 unspecified atom stereocenters. The minimum absolute atomic E-state index is 0. The largest absolute Gasteiger partial charge is 0.478 e. The van der Waals surface area contributed by atoms with E-state index in [1.54, 1.807) is 0 Å². The zero-order valence-corrected chi connectivity index (χ0v) is 7.73. The van der Waals surface area contributed by atoms with Crippen molar-refractivity contribution < 1.29 is 39.6 Å². The van der Waals surface area contributed by atoms with Crippen molar-refractivity contribution in [2.24, 2.45) is 0 Å². The summed E-state index contributed by atoms with van der Waals surface area (Å²) in [6, 6.07) is 0. The van der Waals surface area contributed by atoms with Crippen molar-refractivity contribution >= 4 is 34.8 Å². The lowest BCUT2D eigenvalue weighted by molar-refractivity contribution is -0.134. The highest BCUT2D eigenvalue weighted by Gasteiger charge is 1.88. The summed E-state index contributed by atoms with van der Waals surface area (Å²) >= 11 is 0. The molecule has 0 radical (unpaired) electrons. The Morgan fingerprint density at radius 2 is 0.647 bits per heavy atom. The first-order valence-electron chi connectivity index (χ1n) is 3.53. The van der Waals surface area contributed by atoms with Gasteiger partial charge in [-0.05, 0) is 11.0 Å². The molecule has 8 nitrogen and oxygen atoms in total. The molecule has 17 heavy (non-hydrogen) atoms. The number of carbonyl (C=O) groups is 4. The van der Waals surface area contributed by atoms with Crippen LogP contribution in [0.25, 0.3) is 0 Å². The molecule has 0 atom stereocenters. The van der Waals surface area contributed by atoms with Crippen LogP contribution in [-0.4, -0.2) is 55.3 Å². The van der Waals surface area contributed by atoms with Gasteiger partial charge in [0.25, 0.3) is 0 Å². The summed E-state index contributed by atoms with van der Waals surface area (Å²) in [5, 5.41) is 31.2. The van der Waals surface area contributed by atoms with Crippen LogP contribution in [0.3, 0.4) is 0 Å². The van der Waals surface area contributed by atoms with Gasteiger partial charge in [-0.1, -0.05) is 0 Å². The van der Waals surface area contributed by atoms with Gasteiger partial charge in [-0.25, -0.2) is 19.2 Å². The quantitative estimate of drug-likeness (QED) is 0.335. The molecule has 9 heteroatoms. The Hall–Kier alpha value is -2.42. The Morgan fingerprint density at radius 1 is 0.529 bits per heavy atom. The van der Waals surface area contributed by atoms with Gasteiger partial charge in [0.05, 0.1) is 0 Å². The average Bonchev–Trinajstić information content (AvgIpc) is 2.12. The topological polar surface area (TPSA) is 149 Å². The first-order chi connectivity index (χ1) is 7.25. The molecule has 0 amide bonds. The molecular weight excluding hydrogens is 252 g/mol. The Morgan fingerprint density at radius 3 is 0.706 bits per heavy atom. The Bertz CT molecular complexity index is 277. The van der Waals surface area contributed by atoms with Crippen LogP contribution in [0.1, 0.15) is 0 Å². The molecule has 0 heterocycles. The Balaban J connectivity index is -0.000000218. The van der Waals surface area contributed by atoms with Crippen molar-refractivity contribution in [3.8, 4) is 0 Å². The molecule has 0 spiro atoms. The van der Waals surface area contributed by atoms with Crippen LogP contribution >= 0.6 is 0 Å². The summed E-state index contributed by atoms with van der Waals surface area (Å²) in [6.07, 6.45) is 2.23. The third kappa shape index (κ3) is 31.7. The number of hydrogen-bond donors (Lipinski definition) is 4. The van der Waals surface area contributed by atoms with Crippen molar-refractivity contribution in [1.29, 1.82) is 0 Å². The van der Waals surface area contributed by atoms with Crippen LogP contribution in [-0.2, 0) is 19.2 Å². The van der Waals surface area contributed by atoms with E-state index in [1.165, 1.54) is 0 Å². The fourth-order valence-electron chi connectivity index (χ4n) is 0.285. The number of hydrogen-bond acceptors (Lipinski definition) is 4. The van der Waals surface area contributed by atoms with Crippen molar-refractivity contribution in [3.63, 3.8) is 0 Å². The minimum atomic E-state index is -1.26. The van der Waals surface area contributed by atoms with Crippen LogP contribution in [0.4, 0.5) is 0 Å². The van der Waals surface area contributed by atoms with Crippen LogP contribution in [0, 0.1) is 0 Å². The lowest BCUT2D eigenvalue weighted by atomic mass is 10.5. The van der Waals surface area contributed by atoms with Crippen molar-refractivity contribution in [1.82, 2.24) is 0 Å². The summed E-state index contributed by atoms with van der Waals surface area (Å²) in [4.78, 5) is 38.2. The molecule has 0 aliphatic carbocycles. The van der Waals surface area contributed by atoms with Gasteiger partial charge in [0, 0.05) is 24.3 Å². The van der Waals surface area contributed by atoms with E-state index in [1.807, 2.05) is 0 Å². The number of carboxylic acids is 4. The van der Waals surface area contributed by atoms with Crippen LogP contribution in [0.15, 0.2) is 24.3 Å². The van der Waals surface area contributed by atoms with Gasteiger partial charge >= 0.3 is 23.9 Å². The molecular formula is C8H12O8Si. The standard InChI is InChI=1S/2C4H4O4.H4Si/c2*5-3(6)1-2-4(7)8;/h2*1-2H,(H,5,6)(H,7,8);1H4/b2*2-1+;. The van der Waals surface area contributed by atoms with Gasteiger partial charge in [0.2, 0.25) is 0 Å². The van der Waals surface area contributed by atoms with Crippen LogP contribution in [0.2, 0.25) is 0 Å². The van der Waals surface area contributed by atoms with E-state index < -0.39 is 23.9 Å². The average molecular weight is 264 g/mol. The van der Waals surface area contributed by atoms with Crippen LogP contribution in [0.5, 0.6) is 0 Å². The fourth-order valence-corrected chi connectivity index (χ4v) is 0.285. The highest BCUT2D eigenvalue weighted by molar-refractivity contribution is 5.90. The van der Waals surface area contributed by atoms with E-state index in [0.717, 1.165) is 0 Å². The van der Waals surface area contributed by atoms with E-state index in [0.29, 0.717) is 24.3 Å². The van der Waals surface area contributed by atoms with Gasteiger partial charge in [-0.15, -0.1) is 0 Å². The summed E-state index contributed by atoms with van der Waals surface area (Å²) in [7, 11) is 0. The molecule has 0 saturated heterocycles. The van der Waals surface area contributed by atoms with E-state index in [2.05, 4.69) is 0 Å².